The number of nitroso groups, excluding NO2 is 2. The Balaban J connectivity index is 3.52. The maximum absolute atomic E-state index is 9.59. The highest BCUT2D eigenvalue weighted by Crippen LogP contribution is 2.11. The topological polar surface area (TPSA) is 99.3 Å². The van der Waals surface area contributed by atoms with Crippen LogP contribution in [0.3, 0.4) is 0 Å². The van der Waals surface area contributed by atoms with Crippen LogP contribution in [0.4, 0.5) is 0 Å². The fourth-order valence-corrected chi connectivity index (χ4v) is 1.31. The highest BCUT2D eigenvalue weighted by atomic mass is 32.2. The fraction of sp³-hybridized carbons (Fsp3) is 1.00. The molecule has 0 fully saturated rings. The zero-order valence-corrected chi connectivity index (χ0v) is 7.62. The summed E-state index contributed by atoms with van der Waals surface area (Å²) in [6.45, 7) is 0. The summed E-state index contributed by atoms with van der Waals surface area (Å²) < 4.78 is 4.88. The molecule has 0 aromatic rings. The monoisotopic (exact) mass is 212 g/mol. The number of aliphatic hydroxyl groups is 2. The molecule has 8 heteroatoms. The van der Waals surface area contributed by atoms with E-state index in [9.17, 15) is 9.81 Å². The van der Waals surface area contributed by atoms with Crippen LogP contribution in [-0.4, -0.2) is 33.9 Å². The van der Waals surface area contributed by atoms with E-state index in [0.717, 1.165) is 0 Å². The van der Waals surface area contributed by atoms with Gasteiger partial charge in [-0.25, -0.2) is 0 Å². The predicted molar refractivity (Wildman–Crippen MR) is 48.5 cm³/mol. The third kappa shape index (κ3) is 5.47. The summed E-state index contributed by atoms with van der Waals surface area (Å²) in [6, 6.07) is 0. The number of rotatable bonds is 7. The second-order valence-corrected chi connectivity index (χ2v) is 3.36. The molecule has 0 saturated carbocycles. The summed E-state index contributed by atoms with van der Waals surface area (Å²) in [5.74, 6) is 0.0359. The zero-order chi connectivity index (χ0) is 9.40. The van der Waals surface area contributed by atoms with E-state index in [1.165, 1.54) is 0 Å². The molecule has 0 amide bonds. The van der Waals surface area contributed by atoms with Gasteiger partial charge in [-0.15, -0.1) is 9.81 Å². The second-order valence-electron chi connectivity index (χ2n) is 1.88. The van der Waals surface area contributed by atoms with Crippen molar-refractivity contribution in [2.75, 3.05) is 11.5 Å². The largest absolute Gasteiger partial charge is 0.389 e. The maximum Gasteiger partial charge on any atom is 0.0917 e. The lowest BCUT2D eigenvalue weighted by atomic mass is 10.3. The van der Waals surface area contributed by atoms with Gasteiger partial charge in [0, 0.05) is 44.6 Å². The Morgan fingerprint density at radius 3 is 1.58 bits per heavy atom. The van der Waals surface area contributed by atoms with Crippen LogP contribution in [0.25, 0.3) is 0 Å². The summed E-state index contributed by atoms with van der Waals surface area (Å²) in [7, 11) is 0. The van der Waals surface area contributed by atoms with Gasteiger partial charge >= 0.3 is 0 Å². The van der Waals surface area contributed by atoms with Crippen molar-refractivity contribution in [3.63, 3.8) is 0 Å². The van der Waals surface area contributed by atoms with Gasteiger partial charge in [0.2, 0.25) is 0 Å². The highest BCUT2D eigenvalue weighted by Gasteiger charge is 2.16. The fourth-order valence-electron chi connectivity index (χ4n) is 0.436. The Kier molecular flexibility index (Phi) is 7.36. The molecular weight excluding hydrogens is 204 g/mol. The van der Waals surface area contributed by atoms with E-state index < -0.39 is 12.2 Å². The van der Waals surface area contributed by atoms with Gasteiger partial charge in [-0.1, -0.05) is 0 Å². The van der Waals surface area contributed by atoms with E-state index in [1.54, 1.807) is 0 Å². The molecule has 6 nitrogen and oxygen atoms in total. The lowest BCUT2D eigenvalue weighted by molar-refractivity contribution is 0.0500. The molecule has 0 rings (SSSR count). The summed E-state index contributed by atoms with van der Waals surface area (Å²) in [4.78, 5) is 19.2. The van der Waals surface area contributed by atoms with Crippen molar-refractivity contribution >= 4 is 23.9 Å². The Labute approximate surface area is 77.3 Å². The summed E-state index contributed by atoms with van der Waals surface area (Å²) >= 11 is 1.24. The molecule has 0 spiro atoms. The molecule has 2 atom stereocenters. The number of aliphatic hydroxyl groups excluding tert-OH is 2. The SMILES string of the molecule is O=NSC[C@@H](O)[C@@H](O)CSN=O. The number of nitrogens with zero attached hydrogens (tertiary/aromatic N) is 2. The van der Waals surface area contributed by atoms with Crippen molar-refractivity contribution in [1.82, 2.24) is 0 Å². The molecule has 0 saturated heterocycles. The molecule has 0 heterocycles. The third-order valence-corrected chi connectivity index (χ3v) is 2.23. The minimum absolute atomic E-state index is 0.0179. The molecule has 0 aliphatic heterocycles. The maximum atomic E-state index is 9.59. The van der Waals surface area contributed by atoms with Crippen molar-refractivity contribution < 1.29 is 10.2 Å². The minimum atomic E-state index is -1.05. The quantitative estimate of drug-likeness (QED) is 0.472. The Morgan fingerprint density at radius 1 is 1.00 bits per heavy atom. The molecule has 0 aromatic carbocycles. The summed E-state index contributed by atoms with van der Waals surface area (Å²) in [6.07, 6.45) is -2.11. The minimum Gasteiger partial charge on any atom is -0.389 e. The Bertz CT molecular complexity index is 131. The van der Waals surface area contributed by atoms with E-state index >= 15 is 0 Å². The van der Waals surface area contributed by atoms with E-state index in [0.29, 0.717) is 23.9 Å². The first kappa shape index (κ1) is 11.8. The molecule has 70 valence electrons. The van der Waals surface area contributed by atoms with Crippen molar-refractivity contribution in [3.8, 4) is 0 Å². The van der Waals surface area contributed by atoms with E-state index in [2.05, 4.69) is 9.16 Å². The average molecular weight is 212 g/mol. The molecule has 0 aromatic heterocycles. The van der Waals surface area contributed by atoms with Gasteiger partial charge in [0.15, 0.2) is 0 Å². The third-order valence-electron chi connectivity index (χ3n) is 1.04. The molecule has 0 aliphatic carbocycles. The second kappa shape index (κ2) is 7.47. The number of hydrogen-bond donors (Lipinski definition) is 2. The molecule has 0 bridgehead atoms. The van der Waals surface area contributed by atoms with Crippen molar-refractivity contribution in [2.24, 2.45) is 9.16 Å². The Hall–Kier alpha value is -0.180. The lowest BCUT2D eigenvalue weighted by Gasteiger charge is -2.13. The van der Waals surface area contributed by atoms with E-state index in [-0.39, 0.29) is 11.5 Å². The van der Waals surface area contributed by atoms with Gasteiger partial charge in [-0.3, -0.25) is 0 Å². The van der Waals surface area contributed by atoms with Crippen molar-refractivity contribution in [2.45, 2.75) is 12.2 Å². The van der Waals surface area contributed by atoms with Gasteiger partial charge in [0.1, 0.15) is 0 Å². The lowest BCUT2D eigenvalue weighted by Crippen LogP contribution is -2.29. The first-order valence-corrected chi connectivity index (χ1v) is 4.86. The molecule has 12 heavy (non-hydrogen) atoms. The predicted octanol–water partition coefficient (Wildman–Crippen LogP) is 0.537. The van der Waals surface area contributed by atoms with Gasteiger partial charge in [-0.05, 0) is 0 Å². The van der Waals surface area contributed by atoms with Gasteiger partial charge in [-0.2, -0.15) is 0 Å². The van der Waals surface area contributed by atoms with E-state index in [4.69, 9.17) is 10.2 Å². The van der Waals surface area contributed by atoms with Gasteiger partial charge < -0.3 is 10.2 Å². The zero-order valence-electron chi connectivity index (χ0n) is 5.99. The van der Waals surface area contributed by atoms with Gasteiger partial charge in [0.25, 0.3) is 0 Å². The molecule has 2 N–H and O–H groups in total. The Morgan fingerprint density at radius 2 is 1.33 bits per heavy atom. The molecular formula is C4H8N2O4S2. The van der Waals surface area contributed by atoms with Crippen LogP contribution in [0.2, 0.25) is 0 Å². The van der Waals surface area contributed by atoms with Crippen LogP contribution in [0.1, 0.15) is 0 Å². The van der Waals surface area contributed by atoms with Gasteiger partial charge in [0.05, 0.1) is 12.2 Å². The van der Waals surface area contributed by atoms with Crippen LogP contribution >= 0.6 is 23.9 Å². The van der Waals surface area contributed by atoms with Crippen molar-refractivity contribution in [1.29, 1.82) is 0 Å². The van der Waals surface area contributed by atoms with Crippen LogP contribution in [0, 0.1) is 9.81 Å². The molecule has 0 aliphatic rings. The normalized spacial score (nSPS) is 15.2. The van der Waals surface area contributed by atoms with E-state index in [1.807, 2.05) is 0 Å². The first-order chi connectivity index (χ1) is 5.72. The first-order valence-electron chi connectivity index (χ1n) is 2.97. The van der Waals surface area contributed by atoms with Crippen LogP contribution < -0.4 is 0 Å². The molecule has 0 unspecified atom stereocenters. The molecule has 0 radical (unpaired) electrons. The summed E-state index contributed by atoms with van der Waals surface area (Å²) in [5.41, 5.74) is 0. The summed E-state index contributed by atoms with van der Waals surface area (Å²) in [5, 5.41) is 18.1. The van der Waals surface area contributed by atoms with Crippen LogP contribution in [0.15, 0.2) is 9.16 Å². The van der Waals surface area contributed by atoms with Crippen molar-refractivity contribution in [3.05, 3.63) is 9.81 Å². The number of hydrogen-bond acceptors (Lipinski definition) is 8. The smallest absolute Gasteiger partial charge is 0.0917 e. The average Bonchev–Trinajstić information content (AvgIpc) is 2.10. The standard InChI is InChI=1S/C4H8N2O4S2/c7-3(1-11-5-9)4(8)2-12-6-10/h3-4,7-8H,1-2H2/t3-,4+. The van der Waals surface area contributed by atoms with Crippen LogP contribution in [-0.2, 0) is 0 Å². The van der Waals surface area contributed by atoms with Crippen LogP contribution in [0.5, 0.6) is 0 Å². The highest BCUT2D eigenvalue weighted by molar-refractivity contribution is 7.98.